The van der Waals surface area contributed by atoms with Crippen molar-refractivity contribution in [3.63, 3.8) is 0 Å². The number of aryl methyl sites for hydroxylation is 1. The summed E-state index contributed by atoms with van der Waals surface area (Å²) in [7, 11) is 0. The predicted octanol–water partition coefficient (Wildman–Crippen LogP) is 3.05. The fraction of sp³-hybridized carbons (Fsp3) is 0.316. The summed E-state index contributed by atoms with van der Waals surface area (Å²) in [6.07, 6.45) is 1.57. The first-order chi connectivity index (χ1) is 10.8. The molecule has 0 spiro atoms. The Labute approximate surface area is 131 Å². The van der Waals surface area contributed by atoms with Crippen molar-refractivity contribution >= 4 is 5.91 Å². The Kier molecular flexibility index (Phi) is 4.86. The molecule has 0 aliphatic carbocycles. The zero-order valence-electron chi connectivity index (χ0n) is 12.7. The lowest BCUT2D eigenvalue weighted by Crippen LogP contribution is -2.54. The third-order valence-electron chi connectivity index (χ3n) is 4.00. The summed E-state index contributed by atoms with van der Waals surface area (Å²) in [5, 5.41) is 0. The maximum Gasteiger partial charge on any atom is 0.223 e. The lowest BCUT2D eigenvalue weighted by molar-refractivity contribution is -0.145. The summed E-state index contributed by atoms with van der Waals surface area (Å²) in [6.45, 7) is 2.07. The average Bonchev–Trinajstić information content (AvgIpc) is 2.53. The van der Waals surface area contributed by atoms with Gasteiger partial charge in [-0.25, -0.2) is 0 Å². The molecule has 2 aromatic rings. The molecular weight excluding hydrogens is 274 g/mol. The molecule has 0 saturated carbocycles. The van der Waals surface area contributed by atoms with E-state index in [0.29, 0.717) is 13.0 Å². The van der Waals surface area contributed by atoms with Crippen LogP contribution in [0.15, 0.2) is 60.7 Å². The minimum atomic E-state index is 0.181. The van der Waals surface area contributed by atoms with Crippen LogP contribution in [0.2, 0.25) is 0 Å². The average molecular weight is 295 g/mol. The van der Waals surface area contributed by atoms with Gasteiger partial charge in [0.2, 0.25) is 5.91 Å². The van der Waals surface area contributed by atoms with E-state index in [2.05, 4.69) is 24.3 Å². The van der Waals surface area contributed by atoms with Crippen molar-refractivity contribution in [3.05, 3.63) is 71.8 Å². The van der Waals surface area contributed by atoms with Gasteiger partial charge in [0.15, 0.2) is 0 Å². The van der Waals surface area contributed by atoms with Gasteiger partial charge in [0.05, 0.1) is 12.7 Å². The Morgan fingerprint density at radius 3 is 2.18 bits per heavy atom. The molecule has 1 fully saturated rings. The van der Waals surface area contributed by atoms with Crippen LogP contribution in [0.4, 0.5) is 0 Å². The number of hydrogen-bond acceptors (Lipinski definition) is 2. The van der Waals surface area contributed by atoms with Crippen LogP contribution in [0.3, 0.4) is 0 Å². The van der Waals surface area contributed by atoms with Gasteiger partial charge in [-0.05, 0) is 17.5 Å². The summed E-state index contributed by atoms with van der Waals surface area (Å²) in [5.41, 5.74) is 2.39. The van der Waals surface area contributed by atoms with Crippen LogP contribution in [0.1, 0.15) is 17.5 Å². The Morgan fingerprint density at radius 2 is 1.55 bits per heavy atom. The second-order valence-electron chi connectivity index (χ2n) is 5.70. The Balaban J connectivity index is 1.35. The first-order valence-corrected chi connectivity index (χ1v) is 7.78. The van der Waals surface area contributed by atoms with E-state index in [9.17, 15) is 4.79 Å². The molecule has 114 valence electrons. The largest absolute Gasteiger partial charge is 0.370 e. The van der Waals surface area contributed by atoms with E-state index < -0.39 is 0 Å². The standard InChI is InChI=1S/C19H21NO2/c21-19(12-11-16-7-3-1-4-8-16)20-13-18(14-20)22-15-17-9-5-2-6-10-17/h1-10,18H,11-15H2. The third-order valence-corrected chi connectivity index (χ3v) is 4.00. The quantitative estimate of drug-likeness (QED) is 0.820. The molecule has 1 aliphatic heterocycles. The topological polar surface area (TPSA) is 29.5 Å². The fourth-order valence-corrected chi connectivity index (χ4v) is 2.59. The molecule has 0 aromatic heterocycles. The summed E-state index contributed by atoms with van der Waals surface area (Å²) in [4.78, 5) is 14.0. The van der Waals surface area contributed by atoms with Crippen molar-refractivity contribution in [2.24, 2.45) is 0 Å². The molecule has 0 N–H and O–H groups in total. The number of ether oxygens (including phenoxy) is 1. The normalized spacial score (nSPS) is 14.6. The Bertz CT molecular complexity index is 591. The van der Waals surface area contributed by atoms with E-state index in [4.69, 9.17) is 4.74 Å². The Morgan fingerprint density at radius 1 is 0.955 bits per heavy atom. The van der Waals surface area contributed by atoms with Crippen LogP contribution in [0.5, 0.6) is 0 Å². The molecule has 0 unspecified atom stereocenters. The maximum atomic E-state index is 12.1. The van der Waals surface area contributed by atoms with Crippen molar-refractivity contribution in [1.29, 1.82) is 0 Å². The van der Waals surface area contributed by atoms with Crippen LogP contribution in [-0.4, -0.2) is 30.0 Å². The molecular formula is C19H21NO2. The minimum absolute atomic E-state index is 0.181. The van der Waals surface area contributed by atoms with Crippen molar-refractivity contribution in [3.8, 4) is 0 Å². The van der Waals surface area contributed by atoms with Gasteiger partial charge in [0.25, 0.3) is 0 Å². The van der Waals surface area contributed by atoms with Crippen LogP contribution in [-0.2, 0) is 22.6 Å². The molecule has 1 saturated heterocycles. The summed E-state index contributed by atoms with van der Waals surface area (Å²) < 4.78 is 5.81. The number of nitrogens with zero attached hydrogens (tertiary/aromatic N) is 1. The summed E-state index contributed by atoms with van der Waals surface area (Å²) in [5.74, 6) is 0.225. The van der Waals surface area contributed by atoms with E-state index in [1.165, 1.54) is 11.1 Å². The molecule has 0 atom stereocenters. The Hall–Kier alpha value is -2.13. The number of hydrogen-bond donors (Lipinski definition) is 0. The fourth-order valence-electron chi connectivity index (χ4n) is 2.59. The van der Waals surface area contributed by atoms with Crippen molar-refractivity contribution in [1.82, 2.24) is 4.90 Å². The lowest BCUT2D eigenvalue weighted by Gasteiger charge is -2.39. The number of likely N-dealkylation sites (tertiary alicyclic amines) is 1. The summed E-state index contributed by atoms with van der Waals surface area (Å²) >= 11 is 0. The van der Waals surface area contributed by atoms with Crippen molar-refractivity contribution < 1.29 is 9.53 Å². The molecule has 3 rings (SSSR count). The van der Waals surface area contributed by atoms with Gasteiger partial charge in [-0.2, -0.15) is 0 Å². The van der Waals surface area contributed by atoms with Gasteiger partial charge in [-0.1, -0.05) is 60.7 Å². The van der Waals surface area contributed by atoms with Crippen LogP contribution in [0, 0.1) is 0 Å². The molecule has 1 aliphatic rings. The van der Waals surface area contributed by atoms with Crippen LogP contribution in [0.25, 0.3) is 0 Å². The van der Waals surface area contributed by atoms with Gasteiger partial charge >= 0.3 is 0 Å². The number of carbonyl (C=O) groups excluding carboxylic acids is 1. The van der Waals surface area contributed by atoms with E-state index in [1.54, 1.807) is 0 Å². The van der Waals surface area contributed by atoms with Crippen LogP contribution < -0.4 is 0 Å². The molecule has 0 bridgehead atoms. The van der Waals surface area contributed by atoms with Crippen molar-refractivity contribution in [2.45, 2.75) is 25.6 Å². The van der Waals surface area contributed by atoms with Gasteiger partial charge in [0.1, 0.15) is 0 Å². The number of benzene rings is 2. The zero-order chi connectivity index (χ0) is 15.2. The zero-order valence-corrected chi connectivity index (χ0v) is 12.7. The van der Waals surface area contributed by atoms with Crippen LogP contribution >= 0.6 is 0 Å². The highest BCUT2D eigenvalue weighted by Crippen LogP contribution is 2.16. The minimum Gasteiger partial charge on any atom is -0.370 e. The second-order valence-corrected chi connectivity index (χ2v) is 5.70. The molecule has 2 aromatic carbocycles. The smallest absolute Gasteiger partial charge is 0.223 e. The highest BCUT2D eigenvalue weighted by Gasteiger charge is 2.30. The lowest BCUT2D eigenvalue weighted by atomic mass is 10.1. The molecule has 1 amide bonds. The van der Waals surface area contributed by atoms with Gasteiger partial charge in [0, 0.05) is 19.5 Å². The second kappa shape index (κ2) is 7.23. The third kappa shape index (κ3) is 3.95. The summed E-state index contributed by atoms with van der Waals surface area (Å²) in [6, 6.07) is 20.3. The van der Waals surface area contributed by atoms with Gasteiger partial charge < -0.3 is 9.64 Å². The molecule has 3 nitrogen and oxygen atoms in total. The van der Waals surface area contributed by atoms with Crippen molar-refractivity contribution in [2.75, 3.05) is 13.1 Å². The first-order valence-electron chi connectivity index (χ1n) is 7.78. The molecule has 0 radical (unpaired) electrons. The van der Waals surface area contributed by atoms with E-state index >= 15 is 0 Å². The number of amides is 1. The monoisotopic (exact) mass is 295 g/mol. The number of carbonyl (C=O) groups is 1. The first kappa shape index (κ1) is 14.8. The molecule has 1 heterocycles. The SMILES string of the molecule is O=C(CCc1ccccc1)N1CC(OCc2ccccc2)C1. The van der Waals surface area contributed by atoms with E-state index in [0.717, 1.165) is 19.5 Å². The number of rotatable bonds is 6. The van der Waals surface area contributed by atoms with E-state index in [-0.39, 0.29) is 12.0 Å². The highest BCUT2D eigenvalue weighted by atomic mass is 16.5. The molecule has 22 heavy (non-hydrogen) atoms. The maximum absolute atomic E-state index is 12.1. The predicted molar refractivity (Wildman–Crippen MR) is 86.4 cm³/mol. The van der Waals surface area contributed by atoms with Gasteiger partial charge in [-0.3, -0.25) is 4.79 Å². The molecule has 3 heteroatoms. The highest BCUT2D eigenvalue weighted by molar-refractivity contribution is 5.77. The van der Waals surface area contributed by atoms with E-state index in [1.807, 2.05) is 41.3 Å². The van der Waals surface area contributed by atoms with Gasteiger partial charge in [-0.15, -0.1) is 0 Å².